The Kier molecular flexibility index (Phi) is 3.33. The second-order valence-electron chi connectivity index (χ2n) is 5.45. The molecule has 2 N–H and O–H groups in total. The lowest BCUT2D eigenvalue weighted by Gasteiger charge is -2.27. The van der Waals surface area contributed by atoms with Crippen LogP contribution in [0.3, 0.4) is 0 Å². The van der Waals surface area contributed by atoms with Gasteiger partial charge in [0.05, 0.1) is 17.4 Å². The third-order valence-corrected chi connectivity index (χ3v) is 4.19. The number of rotatable bonds is 3. The Hall–Kier alpha value is -1.35. The van der Waals surface area contributed by atoms with E-state index in [-0.39, 0.29) is 6.04 Å². The van der Waals surface area contributed by atoms with Crippen LogP contribution in [0.2, 0.25) is 0 Å². The van der Waals surface area contributed by atoms with E-state index in [1.165, 1.54) is 37.6 Å². The van der Waals surface area contributed by atoms with Crippen LogP contribution < -0.4 is 5.73 Å². The molecule has 1 fully saturated rings. The van der Waals surface area contributed by atoms with Crippen LogP contribution in [0, 0.1) is 5.92 Å². The van der Waals surface area contributed by atoms with Gasteiger partial charge in [0.15, 0.2) is 0 Å². The van der Waals surface area contributed by atoms with E-state index in [0.717, 1.165) is 12.1 Å². The molecular weight excluding hydrogens is 222 g/mol. The van der Waals surface area contributed by atoms with Crippen LogP contribution in [0.5, 0.6) is 0 Å². The average molecular weight is 243 g/mol. The molecule has 1 saturated carbocycles. The van der Waals surface area contributed by atoms with E-state index in [0.29, 0.717) is 5.92 Å². The lowest BCUT2D eigenvalue weighted by atomic mass is 9.84. The van der Waals surface area contributed by atoms with Crippen LogP contribution in [0.25, 0.3) is 11.0 Å². The minimum atomic E-state index is 0.267. The molecule has 0 radical (unpaired) electrons. The molecule has 18 heavy (non-hydrogen) atoms. The number of nitrogens with zero attached hydrogens (tertiary/aromatic N) is 2. The predicted octanol–water partition coefficient (Wildman–Crippen LogP) is 2.94. The lowest BCUT2D eigenvalue weighted by molar-refractivity contribution is 0.286. The normalized spacial score (nSPS) is 19.2. The summed E-state index contributed by atoms with van der Waals surface area (Å²) >= 11 is 0. The zero-order chi connectivity index (χ0) is 12.4. The van der Waals surface area contributed by atoms with Crippen molar-refractivity contribution in [1.29, 1.82) is 0 Å². The molecule has 0 saturated heterocycles. The molecule has 0 amide bonds. The Morgan fingerprint density at radius 2 is 2.00 bits per heavy atom. The van der Waals surface area contributed by atoms with Gasteiger partial charge in [0.1, 0.15) is 0 Å². The topological polar surface area (TPSA) is 43.8 Å². The molecule has 1 atom stereocenters. The van der Waals surface area contributed by atoms with E-state index in [1.807, 2.05) is 12.4 Å². The number of hydrogen-bond donors (Lipinski definition) is 1. The molecule has 1 aromatic heterocycles. The predicted molar refractivity (Wildman–Crippen MR) is 74.3 cm³/mol. The van der Waals surface area contributed by atoms with E-state index >= 15 is 0 Å². The highest BCUT2D eigenvalue weighted by Crippen LogP contribution is 2.26. The molecule has 96 valence electrons. The molecule has 3 rings (SSSR count). The quantitative estimate of drug-likeness (QED) is 0.900. The summed E-state index contributed by atoms with van der Waals surface area (Å²) in [6, 6.07) is 8.53. The minimum absolute atomic E-state index is 0.267. The van der Waals surface area contributed by atoms with Gasteiger partial charge in [0, 0.05) is 12.6 Å². The largest absolute Gasteiger partial charge is 0.329 e. The van der Waals surface area contributed by atoms with Gasteiger partial charge in [-0.25, -0.2) is 4.98 Å². The first kappa shape index (κ1) is 11.7. The Balaban J connectivity index is 1.75. The summed E-state index contributed by atoms with van der Waals surface area (Å²) in [5.41, 5.74) is 8.64. The van der Waals surface area contributed by atoms with Crippen molar-refractivity contribution < 1.29 is 0 Å². The monoisotopic (exact) mass is 243 g/mol. The number of nitrogens with two attached hydrogens (primary N) is 1. The van der Waals surface area contributed by atoms with Crippen molar-refractivity contribution in [1.82, 2.24) is 9.55 Å². The van der Waals surface area contributed by atoms with Crippen LogP contribution in [-0.4, -0.2) is 15.6 Å². The van der Waals surface area contributed by atoms with E-state index in [1.54, 1.807) is 0 Å². The highest BCUT2D eigenvalue weighted by Gasteiger charge is 2.21. The number of benzene rings is 1. The second kappa shape index (κ2) is 5.11. The van der Waals surface area contributed by atoms with Gasteiger partial charge < -0.3 is 10.3 Å². The minimum Gasteiger partial charge on any atom is -0.329 e. The Bertz CT molecular complexity index is 511. The molecule has 0 bridgehead atoms. The molecule has 0 spiro atoms. The summed E-state index contributed by atoms with van der Waals surface area (Å²) in [5.74, 6) is 0.694. The van der Waals surface area contributed by atoms with Gasteiger partial charge >= 0.3 is 0 Å². The summed E-state index contributed by atoms with van der Waals surface area (Å²) in [6.07, 6.45) is 8.61. The molecule has 1 aromatic carbocycles. The van der Waals surface area contributed by atoms with Crippen LogP contribution in [0.4, 0.5) is 0 Å². The molecule has 3 heteroatoms. The van der Waals surface area contributed by atoms with Crippen molar-refractivity contribution in [3.8, 4) is 0 Å². The fourth-order valence-corrected chi connectivity index (χ4v) is 3.09. The van der Waals surface area contributed by atoms with Gasteiger partial charge in [0.2, 0.25) is 0 Å². The Labute approximate surface area is 108 Å². The maximum Gasteiger partial charge on any atom is 0.0958 e. The van der Waals surface area contributed by atoms with Crippen molar-refractivity contribution in [2.75, 3.05) is 0 Å². The first-order chi connectivity index (χ1) is 8.84. The summed E-state index contributed by atoms with van der Waals surface area (Å²) in [6.45, 7) is 0.894. The third-order valence-electron chi connectivity index (χ3n) is 4.19. The van der Waals surface area contributed by atoms with Crippen molar-refractivity contribution in [2.24, 2.45) is 11.7 Å². The molecule has 3 nitrogen and oxygen atoms in total. The maximum absolute atomic E-state index is 6.38. The molecule has 1 aliphatic rings. The maximum atomic E-state index is 6.38. The second-order valence-corrected chi connectivity index (χ2v) is 5.45. The van der Waals surface area contributed by atoms with E-state index < -0.39 is 0 Å². The standard InChI is InChI=1S/C15H21N3/c16-13(12-6-2-1-3-7-12)10-18-11-17-14-8-4-5-9-15(14)18/h4-5,8-9,11-13H,1-3,6-7,10,16H2. The zero-order valence-electron chi connectivity index (χ0n) is 10.8. The van der Waals surface area contributed by atoms with Crippen molar-refractivity contribution in [2.45, 2.75) is 44.7 Å². The molecule has 1 heterocycles. The number of aromatic nitrogens is 2. The summed E-state index contributed by atoms with van der Waals surface area (Å²) in [7, 11) is 0. The number of para-hydroxylation sites is 2. The number of hydrogen-bond acceptors (Lipinski definition) is 2. The summed E-state index contributed by atoms with van der Waals surface area (Å²) < 4.78 is 2.20. The number of imidazole rings is 1. The SMILES string of the molecule is NC(Cn1cnc2ccccc21)C1CCCCC1. The molecule has 1 aliphatic carbocycles. The van der Waals surface area contributed by atoms with Gasteiger partial charge in [-0.2, -0.15) is 0 Å². The van der Waals surface area contributed by atoms with Crippen LogP contribution in [0.1, 0.15) is 32.1 Å². The van der Waals surface area contributed by atoms with Crippen molar-refractivity contribution in [3.63, 3.8) is 0 Å². The van der Waals surface area contributed by atoms with Gasteiger partial charge in [-0.1, -0.05) is 31.4 Å². The lowest BCUT2D eigenvalue weighted by Crippen LogP contribution is -2.35. The van der Waals surface area contributed by atoms with Crippen LogP contribution >= 0.6 is 0 Å². The smallest absolute Gasteiger partial charge is 0.0958 e. The Morgan fingerprint density at radius 3 is 2.83 bits per heavy atom. The summed E-state index contributed by atoms with van der Waals surface area (Å²) in [5, 5.41) is 0. The fraction of sp³-hybridized carbons (Fsp3) is 0.533. The van der Waals surface area contributed by atoms with Crippen molar-refractivity contribution >= 4 is 11.0 Å². The third kappa shape index (κ3) is 2.27. The first-order valence-corrected chi connectivity index (χ1v) is 7.00. The fourth-order valence-electron chi connectivity index (χ4n) is 3.09. The summed E-state index contributed by atoms with van der Waals surface area (Å²) in [4.78, 5) is 4.42. The molecule has 1 unspecified atom stereocenters. The van der Waals surface area contributed by atoms with Gasteiger partial charge in [0.25, 0.3) is 0 Å². The first-order valence-electron chi connectivity index (χ1n) is 7.00. The van der Waals surface area contributed by atoms with Gasteiger partial charge in [-0.3, -0.25) is 0 Å². The Morgan fingerprint density at radius 1 is 1.22 bits per heavy atom. The van der Waals surface area contributed by atoms with Gasteiger partial charge in [-0.15, -0.1) is 0 Å². The van der Waals surface area contributed by atoms with E-state index in [9.17, 15) is 0 Å². The average Bonchev–Trinajstić information content (AvgIpc) is 2.83. The van der Waals surface area contributed by atoms with Crippen LogP contribution in [0.15, 0.2) is 30.6 Å². The van der Waals surface area contributed by atoms with E-state index in [4.69, 9.17) is 5.73 Å². The van der Waals surface area contributed by atoms with Crippen molar-refractivity contribution in [3.05, 3.63) is 30.6 Å². The molecular formula is C15H21N3. The highest BCUT2D eigenvalue weighted by atomic mass is 15.1. The van der Waals surface area contributed by atoms with Crippen LogP contribution in [-0.2, 0) is 6.54 Å². The van der Waals surface area contributed by atoms with E-state index in [2.05, 4.69) is 27.8 Å². The number of fused-ring (bicyclic) bond motifs is 1. The molecule has 2 aromatic rings. The highest BCUT2D eigenvalue weighted by molar-refractivity contribution is 5.74. The molecule has 0 aliphatic heterocycles. The van der Waals surface area contributed by atoms with Gasteiger partial charge in [-0.05, 0) is 30.9 Å². The zero-order valence-corrected chi connectivity index (χ0v) is 10.8.